The van der Waals surface area contributed by atoms with E-state index in [0.717, 1.165) is 11.3 Å². The molecule has 5 heteroatoms. The van der Waals surface area contributed by atoms with E-state index in [2.05, 4.69) is 10.3 Å². The Hall–Kier alpha value is -2.56. The van der Waals surface area contributed by atoms with Crippen molar-refractivity contribution in [1.29, 1.82) is 0 Å². The molecule has 0 bridgehead atoms. The average Bonchev–Trinajstić information content (AvgIpc) is 2.55. The predicted octanol–water partition coefficient (Wildman–Crippen LogP) is 2.28. The molecule has 0 spiro atoms. The van der Waals surface area contributed by atoms with Crippen LogP contribution < -0.4 is 14.8 Å². The number of carbonyl (C=O) groups is 1. The van der Waals surface area contributed by atoms with Gasteiger partial charge in [-0.1, -0.05) is 18.2 Å². The van der Waals surface area contributed by atoms with Crippen molar-refractivity contribution in [3.05, 3.63) is 48.2 Å². The highest BCUT2D eigenvalue weighted by molar-refractivity contribution is 5.94. The van der Waals surface area contributed by atoms with Crippen LogP contribution in [0.4, 0.5) is 5.69 Å². The number of ether oxygens (including phenoxy) is 2. The Kier molecular flexibility index (Phi) is 3.73. The van der Waals surface area contributed by atoms with Crippen molar-refractivity contribution in [2.45, 2.75) is 6.42 Å². The van der Waals surface area contributed by atoms with Crippen LogP contribution in [0.5, 0.6) is 11.6 Å². The van der Waals surface area contributed by atoms with E-state index in [0.29, 0.717) is 24.6 Å². The average molecular weight is 284 g/mol. The molecule has 1 N–H and O–H groups in total. The molecule has 2 aromatic rings. The Labute approximate surface area is 122 Å². The number of para-hydroxylation sites is 1. The topological polar surface area (TPSA) is 60.5 Å². The maximum Gasteiger partial charge on any atom is 0.237 e. The summed E-state index contributed by atoms with van der Waals surface area (Å²) in [4.78, 5) is 16.4. The summed E-state index contributed by atoms with van der Waals surface area (Å²) in [7, 11) is 1.53. The molecular weight excluding hydrogens is 268 g/mol. The molecule has 1 atom stereocenters. The fourth-order valence-corrected chi connectivity index (χ4v) is 2.38. The second-order valence-corrected chi connectivity index (χ2v) is 4.87. The molecule has 21 heavy (non-hydrogen) atoms. The van der Waals surface area contributed by atoms with Crippen LogP contribution in [0.2, 0.25) is 0 Å². The second kappa shape index (κ2) is 5.83. The quantitative estimate of drug-likeness (QED) is 0.939. The summed E-state index contributed by atoms with van der Waals surface area (Å²) in [6.07, 6.45) is 2.29. The normalized spacial score (nSPS) is 16.5. The number of amides is 1. The molecule has 0 saturated carbocycles. The maximum absolute atomic E-state index is 12.4. The van der Waals surface area contributed by atoms with Gasteiger partial charge in [-0.2, -0.15) is 0 Å². The molecule has 1 aromatic heterocycles. The van der Waals surface area contributed by atoms with Crippen LogP contribution in [-0.4, -0.2) is 24.6 Å². The maximum atomic E-state index is 12.4. The minimum absolute atomic E-state index is 0.0872. The molecular formula is C16H16N2O3. The van der Waals surface area contributed by atoms with Crippen molar-refractivity contribution in [2.24, 2.45) is 5.92 Å². The zero-order valence-electron chi connectivity index (χ0n) is 11.7. The minimum atomic E-state index is -0.218. The van der Waals surface area contributed by atoms with Crippen molar-refractivity contribution < 1.29 is 14.3 Å². The van der Waals surface area contributed by atoms with Crippen LogP contribution >= 0.6 is 0 Å². The first-order valence-electron chi connectivity index (χ1n) is 6.78. The number of anilines is 1. The third-order valence-corrected chi connectivity index (χ3v) is 3.47. The van der Waals surface area contributed by atoms with Crippen molar-refractivity contribution in [3.63, 3.8) is 0 Å². The first kappa shape index (κ1) is 13.4. The van der Waals surface area contributed by atoms with E-state index in [4.69, 9.17) is 9.47 Å². The van der Waals surface area contributed by atoms with E-state index in [1.807, 2.05) is 24.3 Å². The van der Waals surface area contributed by atoms with Gasteiger partial charge in [0.1, 0.15) is 18.0 Å². The molecule has 1 aliphatic rings. The second-order valence-electron chi connectivity index (χ2n) is 4.87. The lowest BCUT2D eigenvalue weighted by molar-refractivity contribution is -0.121. The van der Waals surface area contributed by atoms with Crippen LogP contribution in [-0.2, 0) is 11.2 Å². The van der Waals surface area contributed by atoms with Crippen molar-refractivity contribution in [3.8, 4) is 11.6 Å². The van der Waals surface area contributed by atoms with Gasteiger partial charge in [0.15, 0.2) is 0 Å². The minimum Gasteiger partial charge on any atom is -0.492 e. The van der Waals surface area contributed by atoms with E-state index in [9.17, 15) is 4.79 Å². The highest BCUT2D eigenvalue weighted by Crippen LogP contribution is 2.28. The Bertz CT molecular complexity index is 657. The van der Waals surface area contributed by atoms with Crippen molar-refractivity contribution in [2.75, 3.05) is 19.0 Å². The third-order valence-electron chi connectivity index (χ3n) is 3.47. The largest absolute Gasteiger partial charge is 0.492 e. The number of rotatable bonds is 3. The molecule has 1 aliphatic heterocycles. The zero-order chi connectivity index (χ0) is 14.7. The van der Waals surface area contributed by atoms with Crippen molar-refractivity contribution in [1.82, 2.24) is 4.98 Å². The van der Waals surface area contributed by atoms with E-state index < -0.39 is 0 Å². The molecule has 3 rings (SSSR count). The van der Waals surface area contributed by atoms with Crippen LogP contribution in [0, 0.1) is 5.92 Å². The number of aromatic nitrogens is 1. The first-order chi connectivity index (χ1) is 10.3. The number of methoxy groups -OCH3 is 1. The van der Waals surface area contributed by atoms with Crippen LogP contribution in [0.3, 0.4) is 0 Å². The number of hydrogen-bond donors (Lipinski definition) is 1. The smallest absolute Gasteiger partial charge is 0.237 e. The molecule has 108 valence electrons. The van der Waals surface area contributed by atoms with Gasteiger partial charge < -0.3 is 14.8 Å². The summed E-state index contributed by atoms with van der Waals surface area (Å²) in [5, 5.41) is 2.86. The third kappa shape index (κ3) is 2.81. The summed E-state index contributed by atoms with van der Waals surface area (Å²) in [6.45, 7) is 0.380. The Morgan fingerprint density at radius 1 is 1.33 bits per heavy atom. The Balaban J connectivity index is 1.72. The molecule has 0 aliphatic carbocycles. The number of pyridine rings is 1. The Morgan fingerprint density at radius 2 is 2.19 bits per heavy atom. The van der Waals surface area contributed by atoms with E-state index in [-0.39, 0.29) is 11.8 Å². The summed E-state index contributed by atoms with van der Waals surface area (Å²) in [5.41, 5.74) is 1.63. The number of benzene rings is 1. The van der Waals surface area contributed by atoms with E-state index >= 15 is 0 Å². The van der Waals surface area contributed by atoms with Gasteiger partial charge in [-0.15, -0.1) is 0 Å². The van der Waals surface area contributed by atoms with Crippen LogP contribution in [0.15, 0.2) is 42.6 Å². The van der Waals surface area contributed by atoms with Crippen LogP contribution in [0.1, 0.15) is 5.56 Å². The number of carbonyl (C=O) groups excluding carboxylic acids is 1. The summed E-state index contributed by atoms with van der Waals surface area (Å²) in [5.74, 6) is 0.962. The molecule has 1 aromatic carbocycles. The van der Waals surface area contributed by atoms with Gasteiger partial charge in [0.2, 0.25) is 11.8 Å². The summed E-state index contributed by atoms with van der Waals surface area (Å²) in [6, 6.07) is 11.3. The van der Waals surface area contributed by atoms with E-state index in [1.54, 1.807) is 18.3 Å². The SMILES string of the molecule is COc1ncccc1NC(=O)[C@@H]1COc2ccccc2C1. The number of fused-ring (bicyclic) bond motifs is 1. The predicted molar refractivity (Wildman–Crippen MR) is 78.5 cm³/mol. The molecule has 0 saturated heterocycles. The molecule has 0 radical (unpaired) electrons. The lowest BCUT2D eigenvalue weighted by Gasteiger charge is -2.24. The van der Waals surface area contributed by atoms with Gasteiger partial charge >= 0.3 is 0 Å². The monoisotopic (exact) mass is 284 g/mol. The summed E-state index contributed by atoms with van der Waals surface area (Å²) < 4.78 is 10.8. The van der Waals surface area contributed by atoms with Crippen LogP contribution in [0.25, 0.3) is 0 Å². The highest BCUT2D eigenvalue weighted by atomic mass is 16.5. The molecule has 5 nitrogen and oxygen atoms in total. The lowest BCUT2D eigenvalue weighted by atomic mass is 9.96. The number of hydrogen-bond acceptors (Lipinski definition) is 4. The standard InChI is InChI=1S/C16H16N2O3/c1-20-16-13(6-4-8-17-16)18-15(19)12-9-11-5-2-3-7-14(11)21-10-12/h2-8,12H,9-10H2,1H3,(H,18,19)/t12-/m0/s1. The molecule has 0 fully saturated rings. The van der Waals surface area contributed by atoms with Gasteiger partial charge in [0.25, 0.3) is 0 Å². The van der Waals surface area contributed by atoms with Gasteiger partial charge in [-0.25, -0.2) is 4.98 Å². The Morgan fingerprint density at radius 3 is 3.05 bits per heavy atom. The van der Waals surface area contributed by atoms with Gasteiger partial charge in [0.05, 0.1) is 13.0 Å². The number of nitrogens with zero attached hydrogens (tertiary/aromatic N) is 1. The van der Waals surface area contributed by atoms with Gasteiger partial charge in [-0.05, 0) is 30.2 Å². The molecule has 1 amide bonds. The molecule has 0 unspecified atom stereocenters. The fourth-order valence-electron chi connectivity index (χ4n) is 2.38. The molecule has 2 heterocycles. The lowest BCUT2D eigenvalue weighted by Crippen LogP contribution is -2.32. The van der Waals surface area contributed by atoms with Gasteiger partial charge in [0, 0.05) is 6.20 Å². The highest BCUT2D eigenvalue weighted by Gasteiger charge is 2.26. The number of nitrogens with one attached hydrogen (secondary N) is 1. The first-order valence-corrected chi connectivity index (χ1v) is 6.78. The van der Waals surface area contributed by atoms with Gasteiger partial charge in [-0.3, -0.25) is 4.79 Å². The fraction of sp³-hybridized carbons (Fsp3) is 0.250. The summed E-state index contributed by atoms with van der Waals surface area (Å²) >= 11 is 0. The van der Waals surface area contributed by atoms with Crippen molar-refractivity contribution >= 4 is 11.6 Å². The van der Waals surface area contributed by atoms with E-state index in [1.165, 1.54) is 7.11 Å². The zero-order valence-corrected chi connectivity index (χ0v) is 11.7.